The molecule has 0 saturated carbocycles. The third kappa shape index (κ3) is 5.06. The van der Waals surface area contributed by atoms with E-state index in [9.17, 15) is 4.79 Å². The van der Waals surface area contributed by atoms with E-state index in [2.05, 4.69) is 16.9 Å². The van der Waals surface area contributed by atoms with Crippen LogP contribution in [-0.4, -0.2) is 75.0 Å². The van der Waals surface area contributed by atoms with Crippen molar-refractivity contribution in [1.82, 2.24) is 9.97 Å². The van der Waals surface area contributed by atoms with Crippen LogP contribution in [0.15, 0.2) is 37.1 Å². The normalized spacial score (nSPS) is 19.8. The number of hydrogen-bond acceptors (Lipinski definition) is 9. The van der Waals surface area contributed by atoms with Crippen LogP contribution in [0.1, 0.15) is 13.3 Å². The molecule has 2 aromatic heterocycles. The number of rotatable bonds is 10. The number of methoxy groups -OCH3 is 3. The van der Waals surface area contributed by atoms with E-state index in [4.69, 9.17) is 23.9 Å². The zero-order chi connectivity index (χ0) is 28.6. The molecule has 0 aliphatic carbocycles. The van der Waals surface area contributed by atoms with Gasteiger partial charge in [-0.05, 0) is 25.1 Å². The molecule has 0 unspecified atom stereocenters. The van der Waals surface area contributed by atoms with E-state index in [1.165, 1.54) is 20.3 Å². The van der Waals surface area contributed by atoms with Gasteiger partial charge in [0, 0.05) is 55.6 Å². The average molecular weight is 555 g/mol. The number of nitrogens with zero attached hydrogens (tertiary/aromatic N) is 3. The summed E-state index contributed by atoms with van der Waals surface area (Å²) in [6.07, 6.45) is 3.29. The van der Waals surface area contributed by atoms with Gasteiger partial charge in [0.1, 0.15) is 11.6 Å². The fraction of sp³-hybridized carbons (Fsp3) is 0.414. The van der Waals surface area contributed by atoms with E-state index in [1.54, 1.807) is 19.4 Å². The number of fused-ring (bicyclic) bond motifs is 1. The molecule has 2 aliphatic heterocycles. The Bertz CT molecular complexity index is 1430. The fourth-order valence-corrected chi connectivity index (χ4v) is 5.22. The summed E-state index contributed by atoms with van der Waals surface area (Å²) in [7, 11) is 4.25. The molecule has 1 aromatic carbocycles. The predicted molar refractivity (Wildman–Crippen MR) is 147 cm³/mol. The summed E-state index contributed by atoms with van der Waals surface area (Å²) in [5.41, 5.74) is -0.648. The standard InChI is InChI=1S/C29H32F2N4O5/c1-6-18(36)7-17-12-40-13-21(17)33-24-9-19-16(11-32-24)8-20(34-28(19)35-14-29(2,15-35)39-5)25-26(30)22(37-3)10-23(38-4)27(25)31/h6,8-11,17,21H,1,7,12-15H2,2-5H3,(H,32,33)/t17-,21+/m0/s1. The van der Waals surface area contributed by atoms with Crippen LogP contribution in [0, 0.1) is 17.6 Å². The predicted octanol–water partition coefficient (Wildman–Crippen LogP) is 4.39. The topological polar surface area (TPSA) is 95.0 Å². The van der Waals surface area contributed by atoms with Crippen molar-refractivity contribution < 1.29 is 32.5 Å². The summed E-state index contributed by atoms with van der Waals surface area (Å²) < 4.78 is 52.3. The maximum Gasteiger partial charge on any atom is 0.177 e. The summed E-state index contributed by atoms with van der Waals surface area (Å²) in [6.45, 7) is 7.52. The largest absolute Gasteiger partial charge is 0.494 e. The molecular weight excluding hydrogens is 522 g/mol. The molecule has 0 bridgehead atoms. The van der Waals surface area contributed by atoms with Crippen LogP contribution in [0.4, 0.5) is 20.4 Å². The maximum atomic E-state index is 15.4. The smallest absolute Gasteiger partial charge is 0.177 e. The lowest BCUT2D eigenvalue weighted by Gasteiger charge is -2.47. The number of ether oxygens (including phenoxy) is 4. The van der Waals surface area contributed by atoms with E-state index in [1.807, 2.05) is 17.9 Å². The zero-order valence-electron chi connectivity index (χ0n) is 22.9. The minimum atomic E-state index is -0.878. The Balaban J connectivity index is 1.58. The van der Waals surface area contributed by atoms with E-state index in [-0.39, 0.29) is 46.1 Å². The molecule has 2 saturated heterocycles. The van der Waals surface area contributed by atoms with Crippen LogP contribution in [0.5, 0.6) is 11.5 Å². The molecule has 11 heteroatoms. The Hall–Kier alpha value is -3.83. The number of carbonyl (C=O) groups is 1. The Kier molecular flexibility index (Phi) is 7.61. The second kappa shape index (κ2) is 11.0. The van der Waals surface area contributed by atoms with Gasteiger partial charge < -0.3 is 29.2 Å². The molecule has 5 rings (SSSR count). The first-order chi connectivity index (χ1) is 19.2. The summed E-state index contributed by atoms with van der Waals surface area (Å²) in [5, 5.41) is 4.77. The molecule has 4 heterocycles. The van der Waals surface area contributed by atoms with Crippen molar-refractivity contribution in [3.63, 3.8) is 0 Å². The molecule has 0 amide bonds. The van der Waals surface area contributed by atoms with E-state index >= 15 is 8.78 Å². The van der Waals surface area contributed by atoms with Gasteiger partial charge in [-0.3, -0.25) is 4.79 Å². The molecule has 2 fully saturated rings. The number of halogens is 2. The second-order valence-electron chi connectivity index (χ2n) is 10.3. The van der Waals surface area contributed by atoms with E-state index < -0.39 is 11.6 Å². The van der Waals surface area contributed by atoms with Crippen LogP contribution in [0.25, 0.3) is 22.0 Å². The first-order valence-corrected chi connectivity index (χ1v) is 12.9. The number of pyridine rings is 2. The SMILES string of the molecule is C=CC(=O)C[C@H]1COC[C@H]1Nc1cc2c(N3CC(C)(OC)C3)nc(-c3c(F)c(OC)cc(OC)c3F)cc2cn1. The Labute approximate surface area is 231 Å². The van der Waals surface area contributed by atoms with Crippen LogP contribution in [0.2, 0.25) is 0 Å². The van der Waals surface area contributed by atoms with Gasteiger partial charge in [-0.15, -0.1) is 0 Å². The van der Waals surface area contributed by atoms with Gasteiger partial charge in [0.15, 0.2) is 28.9 Å². The molecule has 2 aliphatic rings. The molecular formula is C29H32F2N4O5. The summed E-state index contributed by atoms with van der Waals surface area (Å²) >= 11 is 0. The van der Waals surface area contributed by atoms with Crippen molar-refractivity contribution in [2.75, 3.05) is 57.8 Å². The zero-order valence-corrected chi connectivity index (χ0v) is 22.9. The lowest BCUT2D eigenvalue weighted by atomic mass is 9.95. The number of nitrogens with one attached hydrogen (secondary N) is 1. The number of anilines is 2. The van der Waals surface area contributed by atoms with Crippen molar-refractivity contribution in [1.29, 1.82) is 0 Å². The Morgan fingerprint density at radius 2 is 1.88 bits per heavy atom. The van der Waals surface area contributed by atoms with Gasteiger partial charge in [-0.1, -0.05) is 6.58 Å². The third-order valence-electron chi connectivity index (χ3n) is 7.59. The number of carbonyl (C=O) groups excluding carboxylic acids is 1. The van der Waals surface area contributed by atoms with Gasteiger partial charge in [0.05, 0.1) is 50.3 Å². The van der Waals surface area contributed by atoms with Crippen LogP contribution in [0.3, 0.4) is 0 Å². The monoisotopic (exact) mass is 554 g/mol. The van der Waals surface area contributed by atoms with Gasteiger partial charge in [-0.2, -0.15) is 0 Å². The van der Waals surface area contributed by atoms with Crippen molar-refractivity contribution in [2.24, 2.45) is 5.92 Å². The van der Waals surface area contributed by atoms with Crippen LogP contribution >= 0.6 is 0 Å². The van der Waals surface area contributed by atoms with Gasteiger partial charge in [0.25, 0.3) is 0 Å². The van der Waals surface area contributed by atoms with Crippen LogP contribution in [-0.2, 0) is 14.3 Å². The summed E-state index contributed by atoms with van der Waals surface area (Å²) in [6, 6.07) is 4.50. The van der Waals surface area contributed by atoms with Gasteiger partial charge >= 0.3 is 0 Å². The molecule has 40 heavy (non-hydrogen) atoms. The molecule has 0 radical (unpaired) electrons. The highest BCUT2D eigenvalue weighted by molar-refractivity contribution is 5.96. The summed E-state index contributed by atoms with van der Waals surface area (Å²) in [5.74, 6) is -1.02. The van der Waals surface area contributed by atoms with E-state index in [0.717, 1.165) is 11.5 Å². The lowest BCUT2D eigenvalue weighted by molar-refractivity contribution is -0.115. The van der Waals surface area contributed by atoms with Crippen molar-refractivity contribution in [3.8, 4) is 22.8 Å². The second-order valence-corrected chi connectivity index (χ2v) is 10.3. The minimum absolute atomic E-state index is 0.0187. The first-order valence-electron chi connectivity index (χ1n) is 12.9. The lowest BCUT2D eigenvalue weighted by Crippen LogP contribution is -2.61. The minimum Gasteiger partial charge on any atom is -0.494 e. The first kappa shape index (κ1) is 27.7. The molecule has 0 spiro atoms. The number of hydrogen-bond donors (Lipinski definition) is 1. The fourth-order valence-electron chi connectivity index (χ4n) is 5.22. The van der Waals surface area contributed by atoms with Crippen molar-refractivity contribution in [2.45, 2.75) is 25.0 Å². The van der Waals surface area contributed by atoms with Crippen molar-refractivity contribution in [3.05, 3.63) is 48.7 Å². The number of ketones is 1. The highest BCUT2D eigenvalue weighted by Gasteiger charge is 2.40. The number of allylic oxidation sites excluding steroid dienone is 1. The van der Waals surface area contributed by atoms with E-state index in [0.29, 0.717) is 49.7 Å². The highest BCUT2D eigenvalue weighted by atomic mass is 19.1. The van der Waals surface area contributed by atoms with Gasteiger partial charge in [-0.25, -0.2) is 18.7 Å². The average Bonchev–Trinajstić information content (AvgIpc) is 3.37. The molecule has 9 nitrogen and oxygen atoms in total. The molecule has 1 N–H and O–H groups in total. The third-order valence-corrected chi connectivity index (χ3v) is 7.59. The van der Waals surface area contributed by atoms with Crippen molar-refractivity contribution >= 4 is 28.2 Å². The quantitative estimate of drug-likeness (QED) is 0.366. The molecule has 2 atom stereocenters. The number of aromatic nitrogens is 2. The van der Waals surface area contributed by atoms with Gasteiger partial charge in [0.2, 0.25) is 0 Å². The number of benzene rings is 1. The van der Waals surface area contributed by atoms with Crippen LogP contribution < -0.4 is 19.7 Å². The highest BCUT2D eigenvalue weighted by Crippen LogP contribution is 2.41. The maximum absolute atomic E-state index is 15.4. The molecule has 212 valence electrons. The molecule has 3 aromatic rings. The summed E-state index contributed by atoms with van der Waals surface area (Å²) in [4.78, 5) is 23.2. The Morgan fingerprint density at radius 3 is 2.50 bits per heavy atom. The Morgan fingerprint density at radius 1 is 1.18 bits per heavy atom.